The first-order chi connectivity index (χ1) is 8.27. The normalized spacial score (nSPS) is 10.0. The smallest absolute Gasteiger partial charge is 0.150 e. The third kappa shape index (κ3) is 2.17. The van der Waals surface area contributed by atoms with Crippen LogP contribution in [0.5, 0.6) is 5.75 Å². The van der Waals surface area contributed by atoms with Crippen molar-refractivity contribution in [3.05, 3.63) is 53.1 Å². The van der Waals surface area contributed by atoms with Gasteiger partial charge in [-0.15, -0.1) is 0 Å². The summed E-state index contributed by atoms with van der Waals surface area (Å²) in [7, 11) is 1.57. The van der Waals surface area contributed by atoms with E-state index in [0.717, 1.165) is 17.4 Å². The van der Waals surface area contributed by atoms with Gasteiger partial charge < -0.3 is 4.74 Å². The van der Waals surface area contributed by atoms with Crippen LogP contribution in [0.25, 0.3) is 11.1 Å². The van der Waals surface area contributed by atoms with E-state index in [9.17, 15) is 4.79 Å². The van der Waals surface area contributed by atoms with Gasteiger partial charge in [-0.1, -0.05) is 48.0 Å². The molecule has 2 aromatic rings. The Bertz CT molecular complexity index is 550. The van der Waals surface area contributed by atoms with E-state index in [1.165, 1.54) is 0 Å². The summed E-state index contributed by atoms with van der Waals surface area (Å²) in [6.45, 7) is 0. The predicted octanol–water partition coefficient (Wildman–Crippen LogP) is 3.83. The van der Waals surface area contributed by atoms with Gasteiger partial charge in [-0.05, 0) is 11.6 Å². The van der Waals surface area contributed by atoms with Crippen LogP contribution in [-0.2, 0) is 0 Å². The second-order valence-corrected chi connectivity index (χ2v) is 3.90. The number of methoxy groups -OCH3 is 1. The summed E-state index contributed by atoms with van der Waals surface area (Å²) in [5, 5.41) is 0.518. The second kappa shape index (κ2) is 5.02. The Morgan fingerprint density at radius 3 is 2.47 bits per heavy atom. The molecule has 0 spiro atoms. The molecule has 17 heavy (non-hydrogen) atoms. The molecule has 0 N–H and O–H groups in total. The topological polar surface area (TPSA) is 26.3 Å². The molecule has 0 aliphatic heterocycles. The zero-order chi connectivity index (χ0) is 12.3. The Labute approximate surface area is 105 Å². The number of halogens is 1. The Morgan fingerprint density at radius 1 is 1.06 bits per heavy atom. The van der Waals surface area contributed by atoms with Gasteiger partial charge in [0.1, 0.15) is 5.75 Å². The van der Waals surface area contributed by atoms with Crippen molar-refractivity contribution in [1.82, 2.24) is 0 Å². The van der Waals surface area contributed by atoms with Crippen molar-refractivity contribution in [2.24, 2.45) is 0 Å². The van der Waals surface area contributed by atoms with Gasteiger partial charge in [-0.3, -0.25) is 4.79 Å². The summed E-state index contributed by atoms with van der Waals surface area (Å²) in [6.07, 6.45) is 0.825. The first-order valence-electron chi connectivity index (χ1n) is 5.15. The minimum absolute atomic E-state index is 0.518. The molecule has 0 fully saturated rings. The summed E-state index contributed by atoms with van der Waals surface area (Å²) in [4.78, 5) is 11.0. The van der Waals surface area contributed by atoms with Crippen molar-refractivity contribution in [2.45, 2.75) is 0 Å². The summed E-state index contributed by atoms with van der Waals surface area (Å²) in [5.74, 6) is 0.602. The van der Waals surface area contributed by atoms with Crippen LogP contribution in [0.2, 0.25) is 5.02 Å². The first-order valence-corrected chi connectivity index (χ1v) is 5.53. The third-order valence-electron chi connectivity index (χ3n) is 2.56. The minimum Gasteiger partial charge on any atom is -0.495 e. The fraction of sp³-hybridized carbons (Fsp3) is 0.0714. The molecule has 2 aromatic carbocycles. The van der Waals surface area contributed by atoms with E-state index in [0.29, 0.717) is 16.3 Å². The lowest BCUT2D eigenvalue weighted by molar-refractivity contribution is 0.112. The molecule has 2 rings (SSSR count). The fourth-order valence-electron chi connectivity index (χ4n) is 1.72. The Hall–Kier alpha value is -1.80. The Kier molecular flexibility index (Phi) is 3.45. The number of carbonyl (C=O) groups is 1. The van der Waals surface area contributed by atoms with Gasteiger partial charge in [0.05, 0.1) is 12.1 Å². The predicted molar refractivity (Wildman–Crippen MR) is 68.8 cm³/mol. The zero-order valence-corrected chi connectivity index (χ0v) is 10.1. The molecule has 2 nitrogen and oxygen atoms in total. The maximum atomic E-state index is 11.0. The highest BCUT2D eigenvalue weighted by Crippen LogP contribution is 2.36. The Morgan fingerprint density at radius 2 is 1.76 bits per heavy atom. The molecule has 0 aliphatic carbocycles. The van der Waals surface area contributed by atoms with Gasteiger partial charge in [0, 0.05) is 11.1 Å². The number of hydrogen-bond donors (Lipinski definition) is 0. The van der Waals surface area contributed by atoms with Gasteiger partial charge >= 0.3 is 0 Å². The average Bonchev–Trinajstić information content (AvgIpc) is 2.39. The molecule has 0 saturated carbocycles. The van der Waals surface area contributed by atoms with Crippen LogP contribution in [0, 0.1) is 0 Å². The molecule has 0 aliphatic rings. The Balaban J connectivity index is 2.64. The molecule has 0 heterocycles. The van der Waals surface area contributed by atoms with E-state index in [1.807, 2.05) is 30.3 Å². The summed E-state index contributed by atoms with van der Waals surface area (Å²) < 4.78 is 5.16. The van der Waals surface area contributed by atoms with Crippen molar-refractivity contribution in [3.8, 4) is 16.9 Å². The number of benzene rings is 2. The largest absolute Gasteiger partial charge is 0.495 e. The van der Waals surface area contributed by atoms with E-state index in [2.05, 4.69) is 0 Å². The third-order valence-corrected chi connectivity index (χ3v) is 2.95. The van der Waals surface area contributed by atoms with Crippen LogP contribution in [-0.4, -0.2) is 13.4 Å². The van der Waals surface area contributed by atoms with Gasteiger partial charge in [-0.2, -0.15) is 0 Å². The molecular weight excluding hydrogens is 236 g/mol. The summed E-state index contributed by atoms with van der Waals surface area (Å²) in [6, 6.07) is 12.8. The maximum Gasteiger partial charge on any atom is 0.150 e. The van der Waals surface area contributed by atoms with Crippen molar-refractivity contribution in [3.63, 3.8) is 0 Å². The van der Waals surface area contributed by atoms with Crippen LogP contribution < -0.4 is 4.74 Å². The monoisotopic (exact) mass is 246 g/mol. The highest BCUT2D eigenvalue weighted by molar-refractivity contribution is 6.35. The van der Waals surface area contributed by atoms with Crippen LogP contribution in [0.4, 0.5) is 0 Å². The quantitative estimate of drug-likeness (QED) is 0.770. The molecule has 0 amide bonds. The minimum atomic E-state index is 0.518. The van der Waals surface area contributed by atoms with E-state index in [-0.39, 0.29) is 0 Å². The zero-order valence-electron chi connectivity index (χ0n) is 9.31. The highest BCUT2D eigenvalue weighted by Gasteiger charge is 2.11. The van der Waals surface area contributed by atoms with Crippen molar-refractivity contribution in [1.29, 1.82) is 0 Å². The number of ether oxygens (including phenoxy) is 1. The lowest BCUT2D eigenvalue weighted by Gasteiger charge is -2.10. The molecule has 0 bridgehead atoms. The SMILES string of the molecule is COc1cccc(-c2ccccc2C=O)c1Cl. The van der Waals surface area contributed by atoms with Crippen LogP contribution in [0.1, 0.15) is 10.4 Å². The molecule has 0 radical (unpaired) electrons. The maximum absolute atomic E-state index is 11.0. The molecule has 0 unspecified atom stereocenters. The molecule has 3 heteroatoms. The fourth-order valence-corrected chi connectivity index (χ4v) is 2.03. The van der Waals surface area contributed by atoms with Gasteiger partial charge in [0.2, 0.25) is 0 Å². The lowest BCUT2D eigenvalue weighted by atomic mass is 10.0. The molecule has 0 aromatic heterocycles. The van der Waals surface area contributed by atoms with Crippen LogP contribution in [0.3, 0.4) is 0 Å². The van der Waals surface area contributed by atoms with Gasteiger partial charge in [-0.25, -0.2) is 0 Å². The molecule has 86 valence electrons. The van der Waals surface area contributed by atoms with E-state index < -0.39 is 0 Å². The van der Waals surface area contributed by atoms with Crippen LogP contribution in [0.15, 0.2) is 42.5 Å². The average molecular weight is 247 g/mol. The van der Waals surface area contributed by atoms with Crippen molar-refractivity contribution in [2.75, 3.05) is 7.11 Å². The number of hydrogen-bond acceptors (Lipinski definition) is 2. The second-order valence-electron chi connectivity index (χ2n) is 3.53. The molecule has 0 saturated heterocycles. The van der Waals surface area contributed by atoms with Crippen molar-refractivity contribution >= 4 is 17.9 Å². The number of carbonyl (C=O) groups excluding carboxylic acids is 1. The van der Waals surface area contributed by atoms with Crippen LogP contribution >= 0.6 is 11.6 Å². The van der Waals surface area contributed by atoms with Crippen molar-refractivity contribution < 1.29 is 9.53 Å². The van der Waals surface area contributed by atoms with E-state index >= 15 is 0 Å². The molecular formula is C14H11ClO2. The van der Waals surface area contributed by atoms with Gasteiger partial charge in [0.25, 0.3) is 0 Å². The summed E-state index contributed by atoms with van der Waals surface area (Å²) >= 11 is 6.23. The number of aldehydes is 1. The highest BCUT2D eigenvalue weighted by atomic mass is 35.5. The van der Waals surface area contributed by atoms with E-state index in [4.69, 9.17) is 16.3 Å². The standard InChI is InChI=1S/C14H11ClO2/c1-17-13-8-4-7-12(14(13)15)11-6-3-2-5-10(11)9-16/h2-9H,1H3. The van der Waals surface area contributed by atoms with E-state index in [1.54, 1.807) is 19.2 Å². The molecule has 0 atom stereocenters. The first kappa shape index (κ1) is 11.7. The van der Waals surface area contributed by atoms with Gasteiger partial charge in [0.15, 0.2) is 6.29 Å². The summed E-state index contributed by atoms with van der Waals surface area (Å²) in [5.41, 5.74) is 2.22. The lowest BCUT2D eigenvalue weighted by Crippen LogP contribution is -1.90. The number of rotatable bonds is 3.